The molecule has 7 heteroatoms. The molecule has 0 spiro atoms. The number of amides is 1. The minimum absolute atomic E-state index is 0.240. The fraction of sp³-hybridized carbons (Fsp3) is 0.167. The van der Waals surface area contributed by atoms with Crippen molar-refractivity contribution in [3.8, 4) is 0 Å². The largest absolute Gasteiger partial charge is 0.397 e. The summed E-state index contributed by atoms with van der Waals surface area (Å²) >= 11 is 11.7. The second-order valence-electron chi connectivity index (χ2n) is 3.97. The molecule has 1 aromatic carbocycles. The normalized spacial score (nSPS) is 10.5. The lowest BCUT2D eigenvalue weighted by Gasteiger charge is -2.06. The minimum Gasteiger partial charge on any atom is -0.397 e. The highest BCUT2D eigenvalue weighted by atomic mass is 35.5. The summed E-state index contributed by atoms with van der Waals surface area (Å²) in [6.07, 6.45) is 0. The van der Waals surface area contributed by atoms with Gasteiger partial charge in [0, 0.05) is 11.6 Å². The summed E-state index contributed by atoms with van der Waals surface area (Å²) < 4.78 is 4.90. The van der Waals surface area contributed by atoms with Crippen LogP contribution in [0.3, 0.4) is 0 Å². The molecule has 1 aromatic heterocycles. The molecular weight excluding hydrogens is 289 g/mol. The van der Waals surface area contributed by atoms with Crippen LogP contribution in [-0.2, 0) is 6.54 Å². The molecule has 2 rings (SSSR count). The van der Waals surface area contributed by atoms with Crippen LogP contribution in [0.25, 0.3) is 0 Å². The predicted octanol–water partition coefficient (Wildman–Crippen LogP) is 2.80. The molecule has 0 aliphatic carbocycles. The van der Waals surface area contributed by atoms with Gasteiger partial charge < -0.3 is 15.6 Å². The molecule has 1 heterocycles. The highest BCUT2D eigenvalue weighted by molar-refractivity contribution is 6.43. The third-order valence-corrected chi connectivity index (χ3v) is 3.24. The van der Waals surface area contributed by atoms with Crippen LogP contribution in [-0.4, -0.2) is 11.1 Å². The maximum Gasteiger partial charge on any atom is 0.251 e. The zero-order valence-electron chi connectivity index (χ0n) is 10.0. The number of benzene rings is 1. The quantitative estimate of drug-likeness (QED) is 0.854. The number of nitrogens with two attached hydrogens (primary N) is 1. The number of nitrogens with one attached hydrogen (secondary N) is 1. The number of nitrogen functional groups attached to an aromatic ring is 1. The molecule has 2 aromatic rings. The fourth-order valence-corrected chi connectivity index (χ4v) is 1.85. The van der Waals surface area contributed by atoms with Crippen molar-refractivity contribution in [3.63, 3.8) is 0 Å². The predicted molar refractivity (Wildman–Crippen MR) is 73.3 cm³/mol. The Morgan fingerprint density at radius 1 is 1.42 bits per heavy atom. The molecule has 0 saturated carbocycles. The zero-order valence-corrected chi connectivity index (χ0v) is 11.5. The van der Waals surface area contributed by atoms with Crippen LogP contribution in [0, 0.1) is 6.92 Å². The molecule has 100 valence electrons. The first-order valence-corrected chi connectivity index (χ1v) is 6.18. The van der Waals surface area contributed by atoms with Crippen molar-refractivity contribution in [1.29, 1.82) is 0 Å². The SMILES string of the molecule is Cc1cc(CNC(=O)c2cc(N)c(Cl)c(Cl)c2)no1. The Hall–Kier alpha value is -1.72. The smallest absolute Gasteiger partial charge is 0.251 e. The summed E-state index contributed by atoms with van der Waals surface area (Å²) in [4.78, 5) is 11.9. The average molecular weight is 300 g/mol. The maximum atomic E-state index is 11.9. The summed E-state index contributed by atoms with van der Waals surface area (Å²) in [5.74, 6) is 0.369. The van der Waals surface area contributed by atoms with Crippen molar-refractivity contribution in [3.05, 3.63) is 45.3 Å². The number of aromatic nitrogens is 1. The molecule has 0 atom stereocenters. The van der Waals surface area contributed by atoms with Gasteiger partial charge in [-0.1, -0.05) is 28.4 Å². The molecule has 0 radical (unpaired) electrons. The van der Waals surface area contributed by atoms with Gasteiger partial charge in [0.05, 0.1) is 22.3 Å². The van der Waals surface area contributed by atoms with Crippen molar-refractivity contribution in [2.45, 2.75) is 13.5 Å². The van der Waals surface area contributed by atoms with Gasteiger partial charge in [-0.2, -0.15) is 0 Å². The first kappa shape index (κ1) is 13.7. The van der Waals surface area contributed by atoms with Crippen LogP contribution in [0.1, 0.15) is 21.8 Å². The Morgan fingerprint density at radius 3 is 2.74 bits per heavy atom. The monoisotopic (exact) mass is 299 g/mol. The van der Waals surface area contributed by atoms with Gasteiger partial charge in [-0.15, -0.1) is 0 Å². The number of aryl methyl sites for hydroxylation is 1. The summed E-state index contributed by atoms with van der Waals surface area (Å²) in [5.41, 5.74) is 6.88. The van der Waals surface area contributed by atoms with Gasteiger partial charge in [-0.05, 0) is 19.1 Å². The number of hydrogen-bond acceptors (Lipinski definition) is 4. The van der Waals surface area contributed by atoms with Crippen molar-refractivity contribution >= 4 is 34.8 Å². The van der Waals surface area contributed by atoms with E-state index < -0.39 is 0 Å². The van der Waals surface area contributed by atoms with Crippen molar-refractivity contribution in [2.75, 3.05) is 5.73 Å². The first-order chi connectivity index (χ1) is 8.97. The van der Waals surface area contributed by atoms with Gasteiger partial charge in [0.25, 0.3) is 5.91 Å². The number of anilines is 1. The summed E-state index contributed by atoms with van der Waals surface area (Å²) in [6, 6.07) is 4.67. The van der Waals surface area contributed by atoms with E-state index in [9.17, 15) is 4.79 Å². The highest BCUT2D eigenvalue weighted by Crippen LogP contribution is 2.29. The van der Waals surface area contributed by atoms with E-state index in [1.165, 1.54) is 12.1 Å². The molecule has 0 fully saturated rings. The third-order valence-electron chi connectivity index (χ3n) is 2.43. The van der Waals surface area contributed by atoms with Crippen LogP contribution < -0.4 is 11.1 Å². The first-order valence-electron chi connectivity index (χ1n) is 5.42. The number of halogens is 2. The lowest BCUT2D eigenvalue weighted by Crippen LogP contribution is -2.23. The molecule has 19 heavy (non-hydrogen) atoms. The van der Waals surface area contributed by atoms with Crippen molar-refractivity contribution < 1.29 is 9.32 Å². The van der Waals surface area contributed by atoms with Crippen LogP contribution in [0.4, 0.5) is 5.69 Å². The summed E-state index contributed by atoms with van der Waals surface area (Å²) in [5, 5.41) is 6.93. The fourth-order valence-electron chi connectivity index (χ4n) is 1.52. The third kappa shape index (κ3) is 3.19. The number of nitrogens with zero attached hydrogens (tertiary/aromatic N) is 1. The van der Waals surface area contributed by atoms with E-state index in [4.69, 9.17) is 33.5 Å². The van der Waals surface area contributed by atoms with E-state index in [2.05, 4.69) is 10.5 Å². The minimum atomic E-state index is -0.314. The van der Waals surface area contributed by atoms with Gasteiger partial charge in [0.15, 0.2) is 0 Å². The molecule has 0 bridgehead atoms. The highest BCUT2D eigenvalue weighted by Gasteiger charge is 2.11. The second-order valence-corrected chi connectivity index (χ2v) is 4.76. The van der Waals surface area contributed by atoms with Gasteiger partial charge in [-0.3, -0.25) is 4.79 Å². The van der Waals surface area contributed by atoms with Gasteiger partial charge >= 0.3 is 0 Å². The van der Waals surface area contributed by atoms with E-state index in [-0.39, 0.29) is 28.2 Å². The standard InChI is InChI=1S/C12H11Cl2N3O2/c1-6-2-8(17-19-6)5-16-12(18)7-3-9(13)11(14)10(15)4-7/h2-4H,5,15H2,1H3,(H,16,18). The molecule has 0 saturated heterocycles. The lowest BCUT2D eigenvalue weighted by molar-refractivity contribution is 0.0950. The number of rotatable bonds is 3. The van der Waals surface area contributed by atoms with E-state index in [0.717, 1.165) is 0 Å². The van der Waals surface area contributed by atoms with Crippen LogP contribution in [0.5, 0.6) is 0 Å². The molecule has 0 aliphatic rings. The summed E-state index contributed by atoms with van der Waals surface area (Å²) in [7, 11) is 0. The van der Waals surface area contributed by atoms with Gasteiger partial charge in [0.2, 0.25) is 0 Å². The molecule has 0 unspecified atom stereocenters. The van der Waals surface area contributed by atoms with Crippen LogP contribution >= 0.6 is 23.2 Å². The molecule has 5 nitrogen and oxygen atoms in total. The second kappa shape index (κ2) is 5.50. The topological polar surface area (TPSA) is 81.2 Å². The van der Waals surface area contributed by atoms with Gasteiger partial charge in [-0.25, -0.2) is 0 Å². The van der Waals surface area contributed by atoms with E-state index in [0.29, 0.717) is 17.0 Å². The van der Waals surface area contributed by atoms with E-state index >= 15 is 0 Å². The van der Waals surface area contributed by atoms with Crippen molar-refractivity contribution in [2.24, 2.45) is 0 Å². The lowest BCUT2D eigenvalue weighted by atomic mass is 10.2. The zero-order chi connectivity index (χ0) is 14.0. The molecule has 1 amide bonds. The Morgan fingerprint density at radius 2 is 2.16 bits per heavy atom. The Kier molecular flexibility index (Phi) is 3.97. The maximum absolute atomic E-state index is 11.9. The van der Waals surface area contributed by atoms with E-state index in [1.807, 2.05) is 0 Å². The Balaban J connectivity index is 2.08. The molecule has 0 aliphatic heterocycles. The van der Waals surface area contributed by atoms with Crippen molar-refractivity contribution in [1.82, 2.24) is 10.5 Å². The molecule has 3 N–H and O–H groups in total. The Bertz CT molecular complexity index is 602. The number of carbonyl (C=O) groups excluding carboxylic acids is 1. The van der Waals surface area contributed by atoms with Gasteiger partial charge in [0.1, 0.15) is 11.5 Å². The van der Waals surface area contributed by atoms with E-state index in [1.54, 1.807) is 13.0 Å². The number of hydrogen-bond donors (Lipinski definition) is 2. The average Bonchev–Trinajstić information content (AvgIpc) is 2.78. The Labute approximate surface area is 119 Å². The molecular formula is C12H11Cl2N3O2. The van der Waals surface area contributed by atoms with Crippen LogP contribution in [0.2, 0.25) is 10.0 Å². The summed E-state index contributed by atoms with van der Waals surface area (Å²) in [6.45, 7) is 2.04. The number of carbonyl (C=O) groups is 1. The van der Waals surface area contributed by atoms with Crippen LogP contribution in [0.15, 0.2) is 22.7 Å².